The van der Waals surface area contributed by atoms with Crippen LogP contribution in [0, 0.1) is 12.3 Å². The molecule has 2 aliphatic heterocycles. The number of alkyl halides is 9. The number of rotatable bonds is 14. The number of nitrogens with zero attached hydrogens (tertiary/aromatic N) is 12. The molecule has 0 saturated heterocycles. The van der Waals surface area contributed by atoms with E-state index in [1.54, 1.807) is 54.1 Å². The summed E-state index contributed by atoms with van der Waals surface area (Å²) in [6, 6.07) is 8.30. The van der Waals surface area contributed by atoms with E-state index in [9.17, 15) is 30.7 Å². The van der Waals surface area contributed by atoms with Crippen LogP contribution < -0.4 is 16.0 Å². The molecule has 1 aliphatic carbocycles. The minimum Gasteiger partial charge on any atom is -0.375 e. The van der Waals surface area contributed by atoms with Crippen LogP contribution in [0.5, 0.6) is 0 Å². The summed E-state index contributed by atoms with van der Waals surface area (Å²) >= 11 is 0. The van der Waals surface area contributed by atoms with E-state index >= 15 is 8.78 Å². The Morgan fingerprint density at radius 3 is 2.31 bits per heavy atom. The lowest BCUT2D eigenvalue weighted by Gasteiger charge is -2.42. The van der Waals surface area contributed by atoms with Crippen LogP contribution in [0.25, 0.3) is 45.3 Å². The lowest BCUT2D eigenvalue weighted by atomic mass is 9.67. The zero-order chi connectivity index (χ0) is 50.2. The second-order valence-electron chi connectivity index (χ2n) is 18.1. The van der Waals surface area contributed by atoms with Gasteiger partial charge in [0.25, 0.3) is 5.92 Å². The summed E-state index contributed by atoms with van der Waals surface area (Å²) in [5.74, 6) is -8.57. The van der Waals surface area contributed by atoms with Gasteiger partial charge >= 0.3 is 18.5 Å². The smallest absolute Gasteiger partial charge is 0.375 e. The predicted octanol–water partition coefficient (Wildman–Crippen LogP) is 9.41. The Kier molecular flexibility index (Phi) is 11.6. The van der Waals surface area contributed by atoms with Crippen LogP contribution in [0.3, 0.4) is 0 Å². The Morgan fingerprint density at radius 1 is 0.901 bits per heavy atom. The highest BCUT2D eigenvalue weighted by Gasteiger charge is 2.62. The fourth-order valence-electron chi connectivity index (χ4n) is 9.81. The maximum atomic E-state index is 15.6. The highest BCUT2D eigenvalue weighted by atomic mass is 19.4. The average Bonchev–Trinajstić information content (AvgIpc) is 4.14. The molecule has 7 aromatic rings. The molecule has 1 atom stereocenters. The van der Waals surface area contributed by atoms with Gasteiger partial charge in [0.1, 0.15) is 34.5 Å². The minimum atomic E-state index is -4.87. The van der Waals surface area contributed by atoms with Crippen molar-refractivity contribution >= 4 is 23.7 Å². The maximum absolute atomic E-state index is 15.6. The van der Waals surface area contributed by atoms with Crippen molar-refractivity contribution in [3.8, 4) is 45.3 Å². The van der Waals surface area contributed by atoms with E-state index in [1.165, 1.54) is 18.3 Å². The molecule has 0 amide bonds. The van der Waals surface area contributed by atoms with Crippen molar-refractivity contribution in [2.24, 2.45) is 7.05 Å². The molecule has 1 fully saturated rings. The van der Waals surface area contributed by atoms with Crippen molar-refractivity contribution in [1.82, 2.24) is 63.7 Å². The lowest BCUT2D eigenvalue weighted by Crippen LogP contribution is -2.49. The highest BCUT2D eigenvalue weighted by molar-refractivity contribution is 5.77. The monoisotopic (exact) mass is 992 g/mol. The predicted molar refractivity (Wildman–Crippen MR) is 243 cm³/mol. The molecule has 372 valence electrons. The molecule has 7 aromatic heterocycles. The van der Waals surface area contributed by atoms with E-state index < -0.39 is 54.6 Å². The fraction of sp³-hybridized carbons (Fsp3) is 0.391. The first-order valence-electron chi connectivity index (χ1n) is 22.6. The molecule has 25 heteroatoms. The third kappa shape index (κ3) is 8.26. The molecule has 9 heterocycles. The quantitative estimate of drug-likeness (QED) is 0.0607. The molecular formula is C46H45F9N16. The van der Waals surface area contributed by atoms with Crippen molar-refractivity contribution in [3.63, 3.8) is 0 Å². The lowest BCUT2D eigenvalue weighted by molar-refractivity contribution is -0.216. The van der Waals surface area contributed by atoms with Crippen LogP contribution in [0.15, 0.2) is 73.2 Å². The Labute approximate surface area is 398 Å². The first-order valence-corrected chi connectivity index (χ1v) is 22.6. The Morgan fingerprint density at radius 2 is 1.62 bits per heavy atom. The summed E-state index contributed by atoms with van der Waals surface area (Å²) in [5.41, 5.74) is 2.12. The van der Waals surface area contributed by atoms with Crippen LogP contribution >= 0.6 is 0 Å². The summed E-state index contributed by atoms with van der Waals surface area (Å²) in [6.45, 7) is -0.299. The number of fused-ring (bicyclic) bond motifs is 6. The van der Waals surface area contributed by atoms with Crippen molar-refractivity contribution in [2.45, 2.75) is 101 Å². The van der Waals surface area contributed by atoms with Gasteiger partial charge in [-0.25, -0.2) is 27.5 Å². The van der Waals surface area contributed by atoms with Gasteiger partial charge in [-0.1, -0.05) is 6.42 Å². The van der Waals surface area contributed by atoms with Gasteiger partial charge in [-0.3, -0.25) is 9.25 Å². The number of allylic oxidation sites excluding steroid dienone is 1. The fourth-order valence-corrected chi connectivity index (χ4v) is 9.81. The van der Waals surface area contributed by atoms with Gasteiger partial charge in [-0.15, -0.1) is 20.4 Å². The van der Waals surface area contributed by atoms with E-state index in [1.807, 2.05) is 29.8 Å². The van der Waals surface area contributed by atoms with Gasteiger partial charge in [0.15, 0.2) is 11.6 Å². The number of aryl methyl sites for hydroxylation is 3. The number of aromatic nitrogens is 12. The van der Waals surface area contributed by atoms with E-state index in [2.05, 4.69) is 51.4 Å². The molecule has 3 aliphatic rings. The number of hydrogen-bond acceptors (Lipinski definition) is 11. The Balaban J connectivity index is 1.05. The second kappa shape index (κ2) is 17.4. The zero-order valence-electron chi connectivity index (χ0n) is 38.2. The van der Waals surface area contributed by atoms with Gasteiger partial charge in [-0.2, -0.15) is 27.1 Å². The van der Waals surface area contributed by atoms with Crippen LogP contribution in [0.1, 0.15) is 60.9 Å². The molecule has 71 heavy (non-hydrogen) atoms. The number of pyridine rings is 2. The average molecular weight is 993 g/mol. The first-order chi connectivity index (χ1) is 33.8. The zero-order valence-corrected chi connectivity index (χ0v) is 38.2. The number of hydrogen-bond donors (Lipinski definition) is 4. The largest absolute Gasteiger partial charge is 0.401 e. The van der Waals surface area contributed by atoms with Crippen molar-refractivity contribution in [2.75, 3.05) is 17.7 Å². The summed E-state index contributed by atoms with van der Waals surface area (Å²) in [5, 5.41) is 36.7. The number of anilines is 3. The van der Waals surface area contributed by atoms with Gasteiger partial charge in [0, 0.05) is 74.9 Å². The minimum absolute atomic E-state index is 0.0711. The van der Waals surface area contributed by atoms with Crippen LogP contribution in [0.4, 0.5) is 57.0 Å². The normalized spacial score (nSPS) is 17.4. The SMILES string of the molecule is CN/C(=C\C=N)Nc1cc(-c2cc3n(c2)CC(F)(F)Cn2c-3nnc2C(F)(F)C(F)F)c(CCC2CCn3c(nnc3C3(C(F)(F)F)CCC3)-c3cc(-c4cc(Nc5ccnn5C)ncc4C)cn32)cn1. The summed E-state index contributed by atoms with van der Waals surface area (Å²) < 4.78 is 139. The van der Waals surface area contributed by atoms with Crippen LogP contribution in [0.2, 0.25) is 0 Å². The Bertz CT molecular complexity index is 3190. The van der Waals surface area contributed by atoms with Crippen LogP contribution in [-0.2, 0) is 44.4 Å². The highest BCUT2D eigenvalue weighted by Crippen LogP contribution is 2.55. The molecular weight excluding hydrogens is 948 g/mol. The number of nitrogens with one attached hydrogen (secondary N) is 4. The van der Waals surface area contributed by atoms with E-state index in [0.29, 0.717) is 63.7 Å². The standard InChI is InChI=1S/C46H45F9N16/c1-25-19-58-36(62-37-8-13-60-67(37)3)17-30(25)28-16-33-39-64-65-41(43(10-4-11-43)46(53,54)55)69(39)14-9-29(70(33)22-28)6-5-26-20-59-35(61-34(57-2)7-12-56)18-31(26)27-15-32-38-63-66-42(45(51,52)40(47)48)71(38)24-44(49,50)23-68(32)21-27/h7-8,12-13,15-22,29,40,56-57H,4-6,9-11,14,23-24H2,1-3H3,(H,58,62)(H,59,61)/b34-7+,56-12?. The summed E-state index contributed by atoms with van der Waals surface area (Å²) in [7, 11) is 3.40. The maximum Gasteiger partial charge on any atom is 0.401 e. The molecule has 1 unspecified atom stereocenters. The summed E-state index contributed by atoms with van der Waals surface area (Å²) in [6.07, 6.45) is 3.16. The van der Waals surface area contributed by atoms with Gasteiger partial charge in [0.05, 0.1) is 30.7 Å². The van der Waals surface area contributed by atoms with Crippen molar-refractivity contribution < 1.29 is 39.5 Å². The molecule has 0 bridgehead atoms. The third-order valence-electron chi connectivity index (χ3n) is 13.6. The molecule has 0 aromatic carbocycles. The van der Waals surface area contributed by atoms with Gasteiger partial charge in [0.2, 0.25) is 5.82 Å². The number of halogens is 9. The third-order valence-corrected chi connectivity index (χ3v) is 13.6. The molecule has 10 rings (SSSR count). The Hall–Kier alpha value is -7.47. The van der Waals surface area contributed by atoms with E-state index in [-0.39, 0.29) is 55.0 Å². The van der Waals surface area contributed by atoms with E-state index in [0.717, 1.165) is 27.5 Å². The van der Waals surface area contributed by atoms with Crippen molar-refractivity contribution in [3.05, 3.63) is 96.0 Å². The van der Waals surface area contributed by atoms with Gasteiger partial charge in [-0.05, 0) is 91.6 Å². The topological polar surface area (TPSA) is 175 Å². The summed E-state index contributed by atoms with van der Waals surface area (Å²) in [4.78, 5) is 9.20. The molecule has 16 nitrogen and oxygen atoms in total. The second-order valence-corrected chi connectivity index (χ2v) is 18.1. The van der Waals surface area contributed by atoms with Crippen LogP contribution in [-0.4, -0.2) is 90.2 Å². The van der Waals surface area contributed by atoms with Crippen molar-refractivity contribution in [1.29, 1.82) is 5.41 Å². The first kappa shape index (κ1) is 47.2. The molecule has 0 radical (unpaired) electrons. The van der Waals surface area contributed by atoms with E-state index in [4.69, 9.17) is 5.41 Å². The van der Waals surface area contributed by atoms with Gasteiger partial charge < -0.3 is 35.1 Å². The molecule has 1 saturated carbocycles. The molecule has 4 N–H and O–H groups in total. The molecule has 0 spiro atoms.